The van der Waals surface area contributed by atoms with Crippen LogP contribution in [0.25, 0.3) is 0 Å². The Bertz CT molecular complexity index is 332. The molecule has 0 spiro atoms. The van der Waals surface area contributed by atoms with Crippen molar-refractivity contribution in [2.45, 2.75) is 58.8 Å². The molecule has 0 aromatic carbocycles. The summed E-state index contributed by atoms with van der Waals surface area (Å²) in [4.78, 5) is 26.3. The number of likely N-dealkylation sites (tertiary alicyclic amines) is 1. The molecule has 0 aliphatic carbocycles. The van der Waals surface area contributed by atoms with E-state index >= 15 is 0 Å². The van der Waals surface area contributed by atoms with E-state index in [0.29, 0.717) is 19.5 Å². The van der Waals surface area contributed by atoms with Gasteiger partial charge in [0.05, 0.1) is 5.41 Å². The van der Waals surface area contributed by atoms with E-state index in [1.54, 1.807) is 0 Å². The van der Waals surface area contributed by atoms with E-state index < -0.39 is 5.41 Å². The van der Waals surface area contributed by atoms with Crippen molar-refractivity contribution < 1.29 is 9.59 Å². The molecule has 122 valence electrons. The summed E-state index contributed by atoms with van der Waals surface area (Å²) in [6.07, 6.45) is 6.09. The predicted molar refractivity (Wildman–Crippen MR) is 84.7 cm³/mol. The van der Waals surface area contributed by atoms with E-state index in [2.05, 4.69) is 19.2 Å². The van der Waals surface area contributed by atoms with E-state index in [9.17, 15) is 9.59 Å². The lowest BCUT2D eigenvalue weighted by Crippen LogP contribution is -2.46. The van der Waals surface area contributed by atoms with Gasteiger partial charge in [-0.1, -0.05) is 26.7 Å². The molecular weight excluding hydrogens is 266 g/mol. The lowest BCUT2D eigenvalue weighted by atomic mass is 9.78. The van der Waals surface area contributed by atoms with Crippen molar-refractivity contribution in [2.24, 2.45) is 11.1 Å². The van der Waals surface area contributed by atoms with Gasteiger partial charge < -0.3 is 16.0 Å². The Hall–Kier alpha value is -1.10. The van der Waals surface area contributed by atoms with Crippen molar-refractivity contribution in [1.82, 2.24) is 10.2 Å². The maximum absolute atomic E-state index is 12.5. The Morgan fingerprint density at radius 3 is 2.19 bits per heavy atom. The average Bonchev–Trinajstić information content (AvgIpc) is 3.00. The molecule has 0 radical (unpaired) electrons. The summed E-state index contributed by atoms with van der Waals surface area (Å²) in [5, 5.41) is 2.93. The highest BCUT2D eigenvalue weighted by molar-refractivity contribution is 5.83. The minimum atomic E-state index is -0.458. The average molecular weight is 297 g/mol. The number of carbonyl (C=O) groups is 2. The van der Waals surface area contributed by atoms with Crippen LogP contribution in [0.1, 0.15) is 58.8 Å². The topological polar surface area (TPSA) is 75.4 Å². The number of rotatable bonds is 9. The van der Waals surface area contributed by atoms with Crippen LogP contribution in [0, 0.1) is 5.41 Å². The van der Waals surface area contributed by atoms with Crippen molar-refractivity contribution in [3.8, 4) is 0 Å². The van der Waals surface area contributed by atoms with Gasteiger partial charge in [0, 0.05) is 32.6 Å². The van der Waals surface area contributed by atoms with Crippen LogP contribution in [-0.4, -0.2) is 42.9 Å². The Morgan fingerprint density at radius 1 is 1.14 bits per heavy atom. The summed E-state index contributed by atoms with van der Waals surface area (Å²) >= 11 is 0. The van der Waals surface area contributed by atoms with E-state index in [4.69, 9.17) is 5.73 Å². The summed E-state index contributed by atoms with van der Waals surface area (Å²) < 4.78 is 0. The molecular formula is C16H31N3O2. The van der Waals surface area contributed by atoms with Crippen molar-refractivity contribution in [1.29, 1.82) is 0 Å². The van der Waals surface area contributed by atoms with Crippen LogP contribution >= 0.6 is 0 Å². The van der Waals surface area contributed by atoms with Gasteiger partial charge in [0.15, 0.2) is 0 Å². The second-order valence-corrected chi connectivity index (χ2v) is 6.08. The number of nitrogens with one attached hydrogen (secondary N) is 1. The molecule has 1 heterocycles. The molecule has 5 heteroatoms. The fourth-order valence-electron chi connectivity index (χ4n) is 3.20. The molecule has 0 aromatic rings. The number of hydrogen-bond acceptors (Lipinski definition) is 3. The third-order valence-electron chi connectivity index (χ3n) is 4.41. The van der Waals surface area contributed by atoms with E-state index in [1.807, 2.05) is 4.90 Å². The molecule has 21 heavy (non-hydrogen) atoms. The van der Waals surface area contributed by atoms with E-state index in [-0.39, 0.29) is 11.8 Å². The van der Waals surface area contributed by atoms with Crippen LogP contribution in [0.5, 0.6) is 0 Å². The standard InChI is InChI=1S/C16H31N3O2/c1-3-8-16(13-17,9-4-2)15(21)18-10-7-14(20)19-11-5-6-12-19/h3-13,17H2,1-2H3,(H,18,21). The van der Waals surface area contributed by atoms with Gasteiger partial charge in [0.1, 0.15) is 0 Å². The van der Waals surface area contributed by atoms with E-state index in [0.717, 1.165) is 51.6 Å². The van der Waals surface area contributed by atoms with Crippen LogP contribution in [-0.2, 0) is 9.59 Å². The molecule has 5 nitrogen and oxygen atoms in total. The second-order valence-electron chi connectivity index (χ2n) is 6.08. The van der Waals surface area contributed by atoms with Crippen LogP contribution in [0.4, 0.5) is 0 Å². The number of hydrogen-bond donors (Lipinski definition) is 2. The van der Waals surface area contributed by atoms with Gasteiger partial charge in [-0.15, -0.1) is 0 Å². The molecule has 1 saturated heterocycles. The summed E-state index contributed by atoms with van der Waals surface area (Å²) in [7, 11) is 0. The molecule has 1 aliphatic rings. The maximum Gasteiger partial charge on any atom is 0.227 e. The third-order valence-corrected chi connectivity index (χ3v) is 4.41. The molecule has 3 N–H and O–H groups in total. The molecule has 0 unspecified atom stereocenters. The zero-order valence-electron chi connectivity index (χ0n) is 13.6. The normalized spacial score (nSPS) is 15.3. The van der Waals surface area contributed by atoms with Gasteiger partial charge in [-0.05, 0) is 25.7 Å². The molecule has 1 rings (SSSR count). The highest BCUT2D eigenvalue weighted by Crippen LogP contribution is 2.29. The van der Waals surface area contributed by atoms with Crippen molar-refractivity contribution >= 4 is 11.8 Å². The quantitative estimate of drug-likeness (QED) is 0.679. The van der Waals surface area contributed by atoms with Gasteiger partial charge in [-0.2, -0.15) is 0 Å². The summed E-state index contributed by atoms with van der Waals surface area (Å²) in [5.74, 6) is 0.167. The van der Waals surface area contributed by atoms with Crippen LogP contribution < -0.4 is 11.1 Å². The number of nitrogens with zero attached hydrogens (tertiary/aromatic N) is 1. The number of carbonyl (C=O) groups excluding carboxylic acids is 2. The smallest absolute Gasteiger partial charge is 0.227 e. The monoisotopic (exact) mass is 297 g/mol. The molecule has 0 atom stereocenters. The predicted octanol–water partition coefficient (Wildman–Crippen LogP) is 1.66. The molecule has 0 saturated carbocycles. The Labute approximate surface area is 128 Å². The van der Waals surface area contributed by atoms with Gasteiger partial charge in [-0.25, -0.2) is 0 Å². The SMILES string of the molecule is CCCC(CN)(CCC)C(=O)NCCC(=O)N1CCCC1. The zero-order valence-corrected chi connectivity index (χ0v) is 13.6. The fraction of sp³-hybridized carbons (Fsp3) is 0.875. The fourth-order valence-corrected chi connectivity index (χ4v) is 3.20. The summed E-state index contributed by atoms with van der Waals surface area (Å²) in [6, 6.07) is 0. The van der Waals surface area contributed by atoms with Gasteiger partial charge in [-0.3, -0.25) is 9.59 Å². The maximum atomic E-state index is 12.5. The summed E-state index contributed by atoms with van der Waals surface area (Å²) in [6.45, 7) is 6.68. The van der Waals surface area contributed by atoms with Crippen LogP contribution in [0.3, 0.4) is 0 Å². The highest BCUT2D eigenvalue weighted by atomic mass is 16.2. The van der Waals surface area contributed by atoms with Gasteiger partial charge in [0.2, 0.25) is 11.8 Å². The number of amides is 2. The van der Waals surface area contributed by atoms with Crippen molar-refractivity contribution in [3.63, 3.8) is 0 Å². The Morgan fingerprint density at radius 2 is 1.71 bits per heavy atom. The summed E-state index contributed by atoms with van der Waals surface area (Å²) in [5.41, 5.74) is 5.42. The third kappa shape index (κ3) is 4.99. The zero-order chi connectivity index (χ0) is 15.7. The van der Waals surface area contributed by atoms with E-state index in [1.165, 1.54) is 0 Å². The molecule has 1 fully saturated rings. The van der Waals surface area contributed by atoms with Gasteiger partial charge >= 0.3 is 0 Å². The van der Waals surface area contributed by atoms with Gasteiger partial charge in [0.25, 0.3) is 0 Å². The van der Waals surface area contributed by atoms with Crippen LogP contribution in [0.2, 0.25) is 0 Å². The lowest BCUT2D eigenvalue weighted by Gasteiger charge is -2.30. The molecule has 2 amide bonds. The molecule has 0 aromatic heterocycles. The first-order valence-electron chi connectivity index (χ1n) is 8.35. The molecule has 0 bridgehead atoms. The first kappa shape index (κ1) is 18.0. The minimum Gasteiger partial charge on any atom is -0.355 e. The van der Waals surface area contributed by atoms with Crippen molar-refractivity contribution in [3.05, 3.63) is 0 Å². The largest absolute Gasteiger partial charge is 0.355 e. The first-order valence-corrected chi connectivity index (χ1v) is 8.35. The first-order chi connectivity index (χ1) is 10.1. The lowest BCUT2D eigenvalue weighted by molar-refractivity contribution is -0.132. The second kappa shape index (κ2) is 9.03. The Balaban J connectivity index is 2.43. The number of nitrogens with two attached hydrogens (primary N) is 1. The van der Waals surface area contributed by atoms with Crippen LogP contribution in [0.15, 0.2) is 0 Å². The van der Waals surface area contributed by atoms with Crippen molar-refractivity contribution in [2.75, 3.05) is 26.2 Å². The Kier molecular flexibility index (Phi) is 7.72. The minimum absolute atomic E-state index is 0.0166. The molecule has 1 aliphatic heterocycles. The highest BCUT2D eigenvalue weighted by Gasteiger charge is 2.35.